The third-order valence-electron chi connectivity index (χ3n) is 3.85. The predicted octanol–water partition coefficient (Wildman–Crippen LogP) is 2.92. The summed E-state index contributed by atoms with van der Waals surface area (Å²) in [4.78, 5) is 37.8. The molecule has 0 bridgehead atoms. The van der Waals surface area contributed by atoms with Crippen LogP contribution >= 0.6 is 0 Å². The maximum atomic E-state index is 12.4. The van der Waals surface area contributed by atoms with E-state index in [9.17, 15) is 14.4 Å². The maximum Gasteiger partial charge on any atom is 0.261 e. The van der Waals surface area contributed by atoms with Crippen LogP contribution in [0.15, 0.2) is 18.2 Å². The summed E-state index contributed by atoms with van der Waals surface area (Å²) in [6, 6.07) is 4.88. The van der Waals surface area contributed by atoms with Crippen molar-refractivity contribution in [3.63, 3.8) is 0 Å². The van der Waals surface area contributed by atoms with Gasteiger partial charge in [0.05, 0.1) is 11.1 Å². The summed E-state index contributed by atoms with van der Waals surface area (Å²) in [6.45, 7) is 8.12. The highest BCUT2D eigenvalue weighted by atomic mass is 16.2. The zero-order valence-electron chi connectivity index (χ0n) is 13.5. The Balaban J connectivity index is 2.24. The van der Waals surface area contributed by atoms with Crippen molar-refractivity contribution in [2.45, 2.75) is 34.1 Å². The van der Waals surface area contributed by atoms with E-state index in [0.717, 1.165) is 6.42 Å². The standard InChI is InChI=1S/C17H22N2O3/c1-5-11(4)15(20)18-12-6-7-13-14(8-12)17(22)19(16(13)21)9-10(2)3/h6-8,10-11H,5,9H2,1-4H3,(H,18,20). The minimum Gasteiger partial charge on any atom is -0.326 e. The Morgan fingerprint density at radius 1 is 1.14 bits per heavy atom. The molecule has 0 saturated carbocycles. The molecule has 2 rings (SSSR count). The molecule has 0 aliphatic carbocycles. The molecule has 0 aromatic heterocycles. The van der Waals surface area contributed by atoms with E-state index < -0.39 is 0 Å². The Morgan fingerprint density at radius 2 is 1.77 bits per heavy atom. The van der Waals surface area contributed by atoms with E-state index in [1.165, 1.54) is 4.90 Å². The van der Waals surface area contributed by atoms with Crippen molar-refractivity contribution < 1.29 is 14.4 Å². The van der Waals surface area contributed by atoms with E-state index in [1.54, 1.807) is 18.2 Å². The first-order chi connectivity index (χ1) is 10.3. The van der Waals surface area contributed by atoms with E-state index in [-0.39, 0.29) is 29.6 Å². The number of benzene rings is 1. The Kier molecular flexibility index (Phi) is 4.64. The second-order valence-electron chi connectivity index (χ2n) is 6.17. The lowest BCUT2D eigenvalue weighted by Gasteiger charge is -2.15. The molecule has 1 atom stereocenters. The number of carbonyl (C=O) groups is 3. The van der Waals surface area contributed by atoms with Crippen molar-refractivity contribution in [1.82, 2.24) is 4.90 Å². The van der Waals surface area contributed by atoms with Gasteiger partial charge in [0.25, 0.3) is 11.8 Å². The van der Waals surface area contributed by atoms with Gasteiger partial charge in [-0.05, 0) is 30.5 Å². The Morgan fingerprint density at radius 3 is 2.36 bits per heavy atom. The summed E-state index contributed by atoms with van der Waals surface area (Å²) < 4.78 is 0. The average Bonchev–Trinajstić information content (AvgIpc) is 2.71. The lowest BCUT2D eigenvalue weighted by atomic mass is 10.1. The van der Waals surface area contributed by atoms with Gasteiger partial charge in [-0.2, -0.15) is 0 Å². The number of carbonyl (C=O) groups excluding carboxylic acids is 3. The third-order valence-corrected chi connectivity index (χ3v) is 3.85. The van der Waals surface area contributed by atoms with Gasteiger partial charge in [-0.25, -0.2) is 0 Å². The fraction of sp³-hybridized carbons (Fsp3) is 0.471. The molecule has 0 radical (unpaired) electrons. The van der Waals surface area contributed by atoms with Crippen LogP contribution in [0, 0.1) is 11.8 Å². The molecule has 1 aliphatic rings. The van der Waals surface area contributed by atoms with E-state index in [2.05, 4.69) is 5.32 Å². The van der Waals surface area contributed by atoms with Crippen LogP contribution in [-0.4, -0.2) is 29.2 Å². The zero-order valence-corrected chi connectivity index (χ0v) is 13.5. The Bertz CT molecular complexity index is 622. The number of hydrogen-bond donors (Lipinski definition) is 1. The van der Waals surface area contributed by atoms with Gasteiger partial charge in [0.1, 0.15) is 0 Å². The highest BCUT2D eigenvalue weighted by molar-refractivity contribution is 6.21. The zero-order chi connectivity index (χ0) is 16.4. The van der Waals surface area contributed by atoms with Gasteiger partial charge in [-0.1, -0.05) is 27.7 Å². The van der Waals surface area contributed by atoms with E-state index in [0.29, 0.717) is 23.4 Å². The second-order valence-corrected chi connectivity index (χ2v) is 6.17. The molecule has 5 nitrogen and oxygen atoms in total. The molecule has 1 heterocycles. The molecule has 1 N–H and O–H groups in total. The summed E-state index contributed by atoms with van der Waals surface area (Å²) in [5, 5.41) is 2.79. The van der Waals surface area contributed by atoms with Crippen LogP contribution in [0.25, 0.3) is 0 Å². The molecule has 1 aromatic carbocycles. The molecule has 1 aromatic rings. The summed E-state index contributed by atoms with van der Waals surface area (Å²) in [7, 11) is 0. The molecule has 5 heteroatoms. The lowest BCUT2D eigenvalue weighted by Crippen LogP contribution is -2.33. The molecule has 3 amide bonds. The Labute approximate surface area is 130 Å². The number of imide groups is 1. The number of anilines is 1. The predicted molar refractivity (Wildman–Crippen MR) is 84.7 cm³/mol. The van der Waals surface area contributed by atoms with Gasteiger partial charge in [-0.15, -0.1) is 0 Å². The van der Waals surface area contributed by atoms with Crippen LogP contribution in [0.2, 0.25) is 0 Å². The number of rotatable bonds is 5. The second kappa shape index (κ2) is 6.30. The Hall–Kier alpha value is -2.17. The SMILES string of the molecule is CCC(C)C(=O)Nc1ccc2c(c1)C(=O)N(CC(C)C)C2=O. The van der Waals surface area contributed by atoms with E-state index >= 15 is 0 Å². The lowest BCUT2D eigenvalue weighted by molar-refractivity contribution is -0.119. The van der Waals surface area contributed by atoms with Crippen LogP contribution < -0.4 is 5.32 Å². The number of hydrogen-bond acceptors (Lipinski definition) is 3. The molecule has 0 fully saturated rings. The topological polar surface area (TPSA) is 66.5 Å². The number of nitrogens with zero attached hydrogens (tertiary/aromatic N) is 1. The summed E-state index contributed by atoms with van der Waals surface area (Å²) >= 11 is 0. The highest BCUT2D eigenvalue weighted by Crippen LogP contribution is 2.26. The van der Waals surface area contributed by atoms with Crippen LogP contribution in [-0.2, 0) is 4.79 Å². The van der Waals surface area contributed by atoms with Gasteiger partial charge in [-0.3, -0.25) is 19.3 Å². The monoisotopic (exact) mass is 302 g/mol. The summed E-state index contributed by atoms with van der Waals surface area (Å²) in [5.41, 5.74) is 1.33. The van der Waals surface area contributed by atoms with Gasteiger partial charge < -0.3 is 5.32 Å². The summed E-state index contributed by atoms with van der Waals surface area (Å²) in [5.74, 6) is -0.505. The minimum absolute atomic E-state index is 0.0849. The molecule has 1 aliphatic heterocycles. The van der Waals surface area contributed by atoms with E-state index in [1.807, 2.05) is 27.7 Å². The van der Waals surface area contributed by atoms with Crippen molar-refractivity contribution in [2.75, 3.05) is 11.9 Å². The number of amides is 3. The molecule has 22 heavy (non-hydrogen) atoms. The van der Waals surface area contributed by atoms with Crippen molar-refractivity contribution in [1.29, 1.82) is 0 Å². The van der Waals surface area contributed by atoms with Gasteiger partial charge in [0.15, 0.2) is 0 Å². The highest BCUT2D eigenvalue weighted by Gasteiger charge is 2.35. The molecule has 1 unspecified atom stereocenters. The van der Waals surface area contributed by atoms with Crippen molar-refractivity contribution in [2.24, 2.45) is 11.8 Å². The average molecular weight is 302 g/mol. The van der Waals surface area contributed by atoms with Crippen LogP contribution in [0.3, 0.4) is 0 Å². The molecule has 0 spiro atoms. The molecule has 0 saturated heterocycles. The van der Waals surface area contributed by atoms with Gasteiger partial charge in [0, 0.05) is 18.2 Å². The summed E-state index contributed by atoms with van der Waals surface area (Å²) in [6.07, 6.45) is 0.746. The molecular formula is C17H22N2O3. The van der Waals surface area contributed by atoms with Crippen molar-refractivity contribution in [3.8, 4) is 0 Å². The molecule has 118 valence electrons. The first-order valence-corrected chi connectivity index (χ1v) is 7.66. The normalized spacial score (nSPS) is 15.2. The van der Waals surface area contributed by atoms with Gasteiger partial charge in [0.2, 0.25) is 5.91 Å². The number of nitrogens with one attached hydrogen (secondary N) is 1. The smallest absolute Gasteiger partial charge is 0.261 e. The van der Waals surface area contributed by atoms with Crippen LogP contribution in [0.1, 0.15) is 54.8 Å². The fourth-order valence-corrected chi connectivity index (χ4v) is 2.35. The van der Waals surface area contributed by atoms with Crippen molar-refractivity contribution in [3.05, 3.63) is 29.3 Å². The van der Waals surface area contributed by atoms with E-state index in [4.69, 9.17) is 0 Å². The van der Waals surface area contributed by atoms with Crippen LogP contribution in [0.5, 0.6) is 0 Å². The number of fused-ring (bicyclic) bond motifs is 1. The molecular weight excluding hydrogens is 280 g/mol. The third kappa shape index (κ3) is 3.03. The van der Waals surface area contributed by atoms with Crippen LogP contribution in [0.4, 0.5) is 5.69 Å². The first kappa shape index (κ1) is 16.2. The fourth-order valence-electron chi connectivity index (χ4n) is 2.35. The minimum atomic E-state index is -0.284. The van der Waals surface area contributed by atoms with Gasteiger partial charge >= 0.3 is 0 Å². The first-order valence-electron chi connectivity index (χ1n) is 7.66. The largest absolute Gasteiger partial charge is 0.326 e. The maximum absolute atomic E-state index is 12.4. The van der Waals surface area contributed by atoms with Crippen molar-refractivity contribution >= 4 is 23.4 Å². The quantitative estimate of drug-likeness (QED) is 0.850.